The topological polar surface area (TPSA) is 21.6 Å². The minimum absolute atomic E-state index is 0.144. The summed E-state index contributed by atoms with van der Waals surface area (Å²) < 4.78 is 1.08. The van der Waals surface area contributed by atoms with E-state index in [1.54, 1.807) is 0 Å². The molecule has 0 radical (unpaired) electrons. The van der Waals surface area contributed by atoms with Crippen LogP contribution in [0.1, 0.15) is 19.8 Å². The van der Waals surface area contributed by atoms with Crippen molar-refractivity contribution in [1.29, 1.82) is 0 Å². The second-order valence-electron chi connectivity index (χ2n) is 3.25. The van der Waals surface area contributed by atoms with Gasteiger partial charge in [-0.2, -0.15) is 0 Å². The molecule has 56 valence electrons. The highest BCUT2D eigenvalue weighted by Gasteiger charge is 2.50. The van der Waals surface area contributed by atoms with Gasteiger partial charge in [-0.05, 0) is 19.8 Å². The molecule has 0 saturated heterocycles. The van der Waals surface area contributed by atoms with E-state index in [1.807, 2.05) is 0 Å². The Morgan fingerprint density at radius 2 is 2.50 bits per heavy atom. The summed E-state index contributed by atoms with van der Waals surface area (Å²) in [7, 11) is 0. The molecule has 0 aromatic rings. The molecule has 1 aliphatic carbocycles. The van der Waals surface area contributed by atoms with Gasteiger partial charge in [0.25, 0.3) is 0 Å². The van der Waals surface area contributed by atoms with Crippen molar-refractivity contribution in [3.63, 3.8) is 0 Å². The largest absolute Gasteiger partial charge is 0.388 e. The third-order valence-electron chi connectivity index (χ3n) is 2.45. The molecule has 3 aliphatic rings. The summed E-state index contributed by atoms with van der Waals surface area (Å²) in [5.74, 6) is 0.739. The summed E-state index contributed by atoms with van der Waals surface area (Å²) >= 11 is 2.37. The van der Waals surface area contributed by atoms with Gasteiger partial charge in [0.05, 0.1) is 5.71 Å². The van der Waals surface area contributed by atoms with Crippen LogP contribution in [-0.4, -0.2) is 15.7 Å². The standard InChI is InChI=1S/C7H10INO/c1-5-6-2-7(3-6,4-8)10-9-5/h6H,2-4H2,1H3. The number of alkyl halides is 1. The van der Waals surface area contributed by atoms with E-state index < -0.39 is 0 Å². The van der Waals surface area contributed by atoms with Crippen molar-refractivity contribution in [1.82, 2.24) is 0 Å². The van der Waals surface area contributed by atoms with Crippen molar-refractivity contribution < 1.29 is 4.84 Å². The van der Waals surface area contributed by atoms with Crippen LogP contribution >= 0.6 is 22.6 Å². The molecule has 3 heteroatoms. The maximum atomic E-state index is 5.37. The van der Waals surface area contributed by atoms with Crippen molar-refractivity contribution in [3.05, 3.63) is 0 Å². The number of rotatable bonds is 1. The fraction of sp³-hybridized carbons (Fsp3) is 0.857. The van der Waals surface area contributed by atoms with E-state index >= 15 is 0 Å². The van der Waals surface area contributed by atoms with E-state index in [2.05, 4.69) is 34.7 Å². The number of nitrogens with zero attached hydrogens (tertiary/aromatic N) is 1. The first kappa shape index (κ1) is 6.88. The average molecular weight is 251 g/mol. The van der Waals surface area contributed by atoms with Gasteiger partial charge in [0.1, 0.15) is 5.60 Å². The summed E-state index contributed by atoms with van der Waals surface area (Å²) in [5, 5.41) is 4.02. The van der Waals surface area contributed by atoms with Gasteiger partial charge in [-0.3, -0.25) is 0 Å². The fourth-order valence-electron chi connectivity index (χ4n) is 1.59. The number of oxime groups is 1. The Hall–Kier alpha value is 0.200. The van der Waals surface area contributed by atoms with E-state index in [9.17, 15) is 0 Å². The Balaban J connectivity index is 2.15. The SMILES string of the molecule is CC1=NOC2(CI)CC1C2. The van der Waals surface area contributed by atoms with E-state index in [1.165, 1.54) is 18.6 Å². The van der Waals surface area contributed by atoms with Gasteiger partial charge < -0.3 is 4.84 Å². The lowest BCUT2D eigenvalue weighted by Crippen LogP contribution is -2.52. The van der Waals surface area contributed by atoms with Crippen LogP contribution in [0.15, 0.2) is 5.16 Å². The zero-order valence-electron chi connectivity index (χ0n) is 5.93. The van der Waals surface area contributed by atoms with E-state index in [0.717, 1.165) is 10.3 Å². The van der Waals surface area contributed by atoms with Crippen molar-refractivity contribution in [2.75, 3.05) is 4.43 Å². The summed E-state index contributed by atoms with van der Waals surface area (Å²) in [5.41, 5.74) is 1.33. The van der Waals surface area contributed by atoms with Gasteiger partial charge in [0, 0.05) is 10.3 Å². The molecule has 2 aliphatic heterocycles. The molecule has 2 bridgehead atoms. The fourth-order valence-corrected chi connectivity index (χ4v) is 2.35. The molecule has 3 rings (SSSR count). The Morgan fingerprint density at radius 1 is 1.80 bits per heavy atom. The molecule has 0 aromatic carbocycles. The lowest BCUT2D eigenvalue weighted by molar-refractivity contribution is -0.113. The highest BCUT2D eigenvalue weighted by Crippen LogP contribution is 2.46. The van der Waals surface area contributed by atoms with E-state index in [4.69, 9.17) is 4.84 Å². The lowest BCUT2D eigenvalue weighted by Gasteiger charge is -2.47. The van der Waals surface area contributed by atoms with Crippen LogP contribution in [-0.2, 0) is 4.84 Å². The summed E-state index contributed by atoms with van der Waals surface area (Å²) in [6.45, 7) is 2.06. The highest BCUT2D eigenvalue weighted by molar-refractivity contribution is 14.1. The molecular formula is C7H10INO. The molecule has 0 unspecified atom stereocenters. The Kier molecular flexibility index (Phi) is 1.44. The Bertz CT molecular complexity index is 184. The molecular weight excluding hydrogens is 241 g/mol. The van der Waals surface area contributed by atoms with E-state index in [0.29, 0.717) is 0 Å². The van der Waals surface area contributed by atoms with Crippen LogP contribution in [0.25, 0.3) is 0 Å². The van der Waals surface area contributed by atoms with Gasteiger partial charge >= 0.3 is 0 Å². The van der Waals surface area contributed by atoms with E-state index in [-0.39, 0.29) is 5.60 Å². The van der Waals surface area contributed by atoms with Crippen LogP contribution in [0, 0.1) is 5.92 Å². The van der Waals surface area contributed by atoms with Gasteiger partial charge in [-0.1, -0.05) is 27.7 Å². The first-order valence-corrected chi connectivity index (χ1v) is 5.07. The first-order valence-electron chi connectivity index (χ1n) is 3.54. The average Bonchev–Trinajstić information content (AvgIpc) is 1.87. The number of halogens is 1. The normalized spacial score (nSPS) is 43.4. The maximum Gasteiger partial charge on any atom is 0.147 e. The van der Waals surface area contributed by atoms with Gasteiger partial charge in [-0.25, -0.2) is 0 Å². The summed E-state index contributed by atoms with van der Waals surface area (Å²) in [6, 6.07) is 0. The minimum Gasteiger partial charge on any atom is -0.388 e. The number of fused-ring (bicyclic) bond motifs is 1. The van der Waals surface area contributed by atoms with Crippen molar-refractivity contribution in [2.24, 2.45) is 11.1 Å². The monoisotopic (exact) mass is 251 g/mol. The summed E-state index contributed by atoms with van der Waals surface area (Å²) in [6.07, 6.45) is 2.40. The zero-order chi connectivity index (χ0) is 7.19. The van der Waals surface area contributed by atoms with Gasteiger partial charge in [0.2, 0.25) is 0 Å². The van der Waals surface area contributed by atoms with Crippen LogP contribution in [0.3, 0.4) is 0 Å². The Labute approximate surface area is 74.1 Å². The molecule has 0 atom stereocenters. The Morgan fingerprint density at radius 3 is 2.90 bits per heavy atom. The quantitative estimate of drug-likeness (QED) is 0.515. The van der Waals surface area contributed by atoms with Crippen molar-refractivity contribution >= 4 is 28.3 Å². The zero-order valence-corrected chi connectivity index (χ0v) is 8.09. The first-order chi connectivity index (χ1) is 4.76. The third kappa shape index (κ3) is 0.790. The number of hydrogen-bond acceptors (Lipinski definition) is 2. The summed E-state index contributed by atoms with van der Waals surface area (Å²) in [4.78, 5) is 5.37. The molecule has 0 amide bonds. The van der Waals surface area contributed by atoms with Crippen LogP contribution in [0.4, 0.5) is 0 Å². The molecule has 10 heavy (non-hydrogen) atoms. The van der Waals surface area contributed by atoms with Gasteiger partial charge in [-0.15, -0.1) is 0 Å². The molecule has 0 N–H and O–H groups in total. The molecule has 0 spiro atoms. The lowest BCUT2D eigenvalue weighted by atomic mass is 9.69. The van der Waals surface area contributed by atoms with Crippen LogP contribution in [0.2, 0.25) is 0 Å². The minimum atomic E-state index is 0.144. The molecule has 2 nitrogen and oxygen atoms in total. The third-order valence-corrected chi connectivity index (χ3v) is 3.84. The molecule has 1 saturated carbocycles. The van der Waals surface area contributed by atoms with Gasteiger partial charge in [0.15, 0.2) is 0 Å². The molecule has 2 heterocycles. The number of hydrogen-bond donors (Lipinski definition) is 0. The second-order valence-corrected chi connectivity index (χ2v) is 4.01. The second kappa shape index (κ2) is 2.09. The predicted molar refractivity (Wildman–Crippen MR) is 48.5 cm³/mol. The smallest absolute Gasteiger partial charge is 0.147 e. The molecule has 0 aromatic heterocycles. The molecule has 1 fully saturated rings. The van der Waals surface area contributed by atoms with Crippen LogP contribution < -0.4 is 0 Å². The van der Waals surface area contributed by atoms with Crippen molar-refractivity contribution in [3.8, 4) is 0 Å². The highest BCUT2D eigenvalue weighted by atomic mass is 127. The van der Waals surface area contributed by atoms with Crippen molar-refractivity contribution in [2.45, 2.75) is 25.4 Å². The van der Waals surface area contributed by atoms with Crippen LogP contribution in [0.5, 0.6) is 0 Å². The predicted octanol–water partition coefficient (Wildman–Crippen LogP) is 1.98. The maximum absolute atomic E-state index is 5.37.